The summed E-state index contributed by atoms with van der Waals surface area (Å²) in [7, 11) is 1.57. The molecule has 1 heterocycles. The summed E-state index contributed by atoms with van der Waals surface area (Å²) < 4.78 is 20.2. The Labute approximate surface area is 157 Å². The van der Waals surface area contributed by atoms with Crippen LogP contribution in [0.2, 0.25) is 0 Å². The van der Waals surface area contributed by atoms with Crippen molar-refractivity contribution in [2.45, 2.75) is 32.7 Å². The summed E-state index contributed by atoms with van der Waals surface area (Å²) in [6.07, 6.45) is -1.14. The summed E-state index contributed by atoms with van der Waals surface area (Å²) in [6, 6.07) is 7.19. The van der Waals surface area contributed by atoms with Crippen molar-refractivity contribution >= 4 is 18.0 Å². The number of carbonyl (C=O) groups excluding carboxylic acids is 3. The number of carbonyl (C=O) groups is 3. The topological polar surface area (TPSA) is 91.4 Å². The van der Waals surface area contributed by atoms with Crippen molar-refractivity contribution in [2.75, 3.05) is 13.7 Å². The van der Waals surface area contributed by atoms with Gasteiger partial charge in [-0.05, 0) is 24.6 Å². The van der Waals surface area contributed by atoms with E-state index in [4.69, 9.17) is 18.9 Å². The van der Waals surface area contributed by atoms with Crippen LogP contribution in [0, 0.1) is 5.92 Å². The number of rotatable bonds is 8. The van der Waals surface area contributed by atoms with Gasteiger partial charge >= 0.3 is 12.1 Å². The Kier molecular flexibility index (Phi) is 6.81. The largest absolute Gasteiger partial charge is 0.508 e. The van der Waals surface area contributed by atoms with Gasteiger partial charge in [-0.15, -0.1) is 0 Å². The zero-order valence-corrected chi connectivity index (χ0v) is 15.5. The van der Waals surface area contributed by atoms with Gasteiger partial charge in [0.25, 0.3) is 0 Å². The van der Waals surface area contributed by atoms with E-state index in [9.17, 15) is 14.4 Å². The summed E-state index contributed by atoms with van der Waals surface area (Å²) in [6.45, 7) is 6.50. The standard InChI is InChI=1S/C19H23NO7/c1-5-10-25-19(23)26-12(2)16-17(22)20(18(16)27-13(3)21)11-14-6-8-15(24-4)9-7-14/h5-9,12,16,18H,1,10-11H2,2-4H3/t12-,16?,18?/m1/s1. The lowest BCUT2D eigenvalue weighted by molar-refractivity contribution is -0.209. The van der Waals surface area contributed by atoms with Gasteiger partial charge < -0.3 is 23.8 Å². The van der Waals surface area contributed by atoms with Crippen LogP contribution in [0.25, 0.3) is 0 Å². The molecule has 1 aliphatic heterocycles. The molecular weight excluding hydrogens is 354 g/mol. The van der Waals surface area contributed by atoms with Gasteiger partial charge in [-0.2, -0.15) is 0 Å². The van der Waals surface area contributed by atoms with Crippen LogP contribution in [0.5, 0.6) is 5.75 Å². The highest BCUT2D eigenvalue weighted by Crippen LogP contribution is 2.34. The average molecular weight is 377 g/mol. The van der Waals surface area contributed by atoms with Gasteiger partial charge in [0.1, 0.15) is 24.4 Å². The molecule has 0 aliphatic carbocycles. The number of methoxy groups -OCH3 is 1. The van der Waals surface area contributed by atoms with Crippen molar-refractivity contribution in [3.05, 3.63) is 42.5 Å². The van der Waals surface area contributed by atoms with Gasteiger partial charge in [-0.1, -0.05) is 24.8 Å². The number of ether oxygens (including phenoxy) is 4. The van der Waals surface area contributed by atoms with Crippen molar-refractivity contribution < 1.29 is 33.3 Å². The first-order chi connectivity index (χ1) is 12.9. The molecule has 0 N–H and O–H groups in total. The zero-order chi connectivity index (χ0) is 20.0. The molecule has 8 nitrogen and oxygen atoms in total. The Hall–Kier alpha value is -3.03. The predicted molar refractivity (Wildman–Crippen MR) is 94.7 cm³/mol. The van der Waals surface area contributed by atoms with Crippen LogP contribution in [0.15, 0.2) is 36.9 Å². The molecule has 3 atom stereocenters. The van der Waals surface area contributed by atoms with E-state index in [1.807, 2.05) is 12.1 Å². The number of benzene rings is 1. The third-order valence-corrected chi connectivity index (χ3v) is 4.09. The van der Waals surface area contributed by atoms with Crippen molar-refractivity contribution in [1.29, 1.82) is 0 Å². The van der Waals surface area contributed by atoms with Crippen LogP contribution in [0.4, 0.5) is 4.79 Å². The van der Waals surface area contributed by atoms with E-state index < -0.39 is 30.4 Å². The molecule has 2 unspecified atom stereocenters. The summed E-state index contributed by atoms with van der Waals surface area (Å²) in [5.74, 6) is -0.897. The minimum absolute atomic E-state index is 0.00113. The zero-order valence-electron chi connectivity index (χ0n) is 15.5. The van der Waals surface area contributed by atoms with E-state index in [2.05, 4.69) is 6.58 Å². The van der Waals surface area contributed by atoms with Gasteiger partial charge in [-0.3, -0.25) is 9.59 Å². The SMILES string of the molecule is C=CCOC(=O)O[C@H](C)C1C(=O)N(Cc2ccc(OC)cc2)C1OC(C)=O. The van der Waals surface area contributed by atoms with E-state index >= 15 is 0 Å². The lowest BCUT2D eigenvalue weighted by Gasteiger charge is -2.47. The molecule has 1 aliphatic rings. The number of likely N-dealkylation sites (tertiary alicyclic amines) is 1. The van der Waals surface area contributed by atoms with Crippen molar-refractivity contribution in [1.82, 2.24) is 4.90 Å². The molecule has 0 radical (unpaired) electrons. The van der Waals surface area contributed by atoms with E-state index in [1.165, 1.54) is 17.9 Å². The Morgan fingerprint density at radius 2 is 1.96 bits per heavy atom. The van der Waals surface area contributed by atoms with Crippen LogP contribution in [0.1, 0.15) is 19.4 Å². The van der Waals surface area contributed by atoms with Crippen molar-refractivity contribution in [3.63, 3.8) is 0 Å². The highest BCUT2D eigenvalue weighted by atomic mass is 16.7. The molecule has 1 fully saturated rings. The maximum Gasteiger partial charge on any atom is 0.508 e. The highest BCUT2D eigenvalue weighted by molar-refractivity contribution is 5.87. The maximum atomic E-state index is 12.6. The van der Waals surface area contributed by atoms with Crippen LogP contribution in [0.3, 0.4) is 0 Å². The Morgan fingerprint density at radius 1 is 1.30 bits per heavy atom. The van der Waals surface area contributed by atoms with Gasteiger partial charge in [0.15, 0.2) is 6.23 Å². The molecule has 1 saturated heterocycles. The first kappa shape index (κ1) is 20.3. The van der Waals surface area contributed by atoms with Gasteiger partial charge in [0.05, 0.1) is 7.11 Å². The molecule has 0 aromatic heterocycles. The molecule has 2 rings (SSSR count). The Morgan fingerprint density at radius 3 is 2.52 bits per heavy atom. The van der Waals surface area contributed by atoms with E-state index in [-0.39, 0.29) is 19.1 Å². The molecule has 0 saturated carbocycles. The Balaban J connectivity index is 2.05. The highest BCUT2D eigenvalue weighted by Gasteiger charge is 2.53. The minimum atomic E-state index is -0.912. The normalized spacial score (nSPS) is 19.5. The molecule has 1 aromatic carbocycles. The average Bonchev–Trinajstić information content (AvgIpc) is 2.64. The molecule has 1 aromatic rings. The minimum Gasteiger partial charge on any atom is -0.497 e. The first-order valence-corrected chi connectivity index (χ1v) is 8.42. The van der Waals surface area contributed by atoms with Crippen LogP contribution in [-0.2, 0) is 30.3 Å². The number of amides is 1. The second kappa shape index (κ2) is 9.07. The molecule has 146 valence electrons. The third kappa shape index (κ3) is 4.99. The van der Waals surface area contributed by atoms with E-state index in [1.54, 1.807) is 26.2 Å². The number of hydrogen-bond acceptors (Lipinski definition) is 7. The molecule has 0 spiro atoms. The lowest BCUT2D eigenvalue weighted by Crippen LogP contribution is -2.65. The summed E-state index contributed by atoms with van der Waals surface area (Å²) in [5, 5.41) is 0. The molecule has 8 heteroatoms. The molecular formula is C19H23NO7. The first-order valence-electron chi connectivity index (χ1n) is 8.42. The van der Waals surface area contributed by atoms with Crippen molar-refractivity contribution in [3.8, 4) is 5.75 Å². The molecule has 27 heavy (non-hydrogen) atoms. The molecule has 0 bridgehead atoms. The van der Waals surface area contributed by atoms with E-state index in [0.717, 1.165) is 5.56 Å². The van der Waals surface area contributed by atoms with Crippen molar-refractivity contribution in [2.24, 2.45) is 5.92 Å². The van der Waals surface area contributed by atoms with Gasteiger partial charge in [0.2, 0.25) is 5.91 Å². The summed E-state index contributed by atoms with van der Waals surface area (Å²) in [4.78, 5) is 37.0. The summed E-state index contributed by atoms with van der Waals surface area (Å²) >= 11 is 0. The fourth-order valence-electron chi connectivity index (χ4n) is 2.77. The summed E-state index contributed by atoms with van der Waals surface area (Å²) in [5.41, 5.74) is 0.846. The van der Waals surface area contributed by atoms with Crippen LogP contribution in [-0.4, -0.2) is 49.0 Å². The van der Waals surface area contributed by atoms with Gasteiger partial charge in [-0.25, -0.2) is 4.79 Å². The quantitative estimate of drug-likeness (QED) is 0.390. The third-order valence-electron chi connectivity index (χ3n) is 4.09. The molecule has 1 amide bonds. The number of hydrogen-bond donors (Lipinski definition) is 0. The van der Waals surface area contributed by atoms with Crippen LogP contribution >= 0.6 is 0 Å². The number of nitrogens with zero attached hydrogens (tertiary/aromatic N) is 1. The number of β-lactam (4-membered cyclic amide) rings is 1. The maximum absolute atomic E-state index is 12.6. The lowest BCUT2D eigenvalue weighted by atomic mass is 9.89. The fraction of sp³-hybridized carbons (Fsp3) is 0.421. The monoisotopic (exact) mass is 377 g/mol. The number of esters is 1. The Bertz CT molecular complexity index is 701. The smallest absolute Gasteiger partial charge is 0.497 e. The van der Waals surface area contributed by atoms with E-state index in [0.29, 0.717) is 5.75 Å². The second-order valence-corrected chi connectivity index (χ2v) is 6.01. The fourth-order valence-corrected chi connectivity index (χ4v) is 2.77. The second-order valence-electron chi connectivity index (χ2n) is 6.01. The predicted octanol–water partition coefficient (Wildman–Crippen LogP) is 2.27. The van der Waals surface area contributed by atoms with Gasteiger partial charge in [0, 0.05) is 13.5 Å². The van der Waals surface area contributed by atoms with Crippen LogP contribution < -0.4 is 4.74 Å².